The molecule has 0 radical (unpaired) electrons. The van der Waals surface area contributed by atoms with E-state index in [4.69, 9.17) is 5.11 Å². The highest BCUT2D eigenvalue weighted by atomic mass is 32.2. The van der Waals surface area contributed by atoms with E-state index in [1.165, 1.54) is 22.7 Å². The van der Waals surface area contributed by atoms with E-state index in [-0.39, 0.29) is 6.61 Å². The zero-order valence-corrected chi connectivity index (χ0v) is 10.6. The van der Waals surface area contributed by atoms with Crippen molar-refractivity contribution in [2.45, 2.75) is 26.2 Å². The first kappa shape index (κ1) is 14.8. The maximum Gasteiger partial charge on any atom is 0.281 e. The molecule has 0 amide bonds. The van der Waals surface area contributed by atoms with Gasteiger partial charge in [-0.15, -0.1) is 0 Å². The third-order valence-electron chi connectivity index (χ3n) is 2.11. The van der Waals surface area contributed by atoms with Crippen molar-refractivity contribution in [3.05, 3.63) is 0 Å². The molecular formula is C9H22N2O3S. The highest BCUT2D eigenvalue weighted by molar-refractivity contribution is 7.86. The van der Waals surface area contributed by atoms with Gasteiger partial charge in [0, 0.05) is 33.8 Å². The lowest BCUT2D eigenvalue weighted by Gasteiger charge is -2.24. The van der Waals surface area contributed by atoms with Crippen LogP contribution in [-0.2, 0) is 10.2 Å². The Balaban J connectivity index is 4.46. The topological polar surface area (TPSA) is 60.9 Å². The van der Waals surface area contributed by atoms with Crippen LogP contribution < -0.4 is 0 Å². The minimum atomic E-state index is -3.33. The number of nitrogens with zero attached hydrogens (tertiary/aromatic N) is 2. The largest absolute Gasteiger partial charge is 0.396 e. The summed E-state index contributed by atoms with van der Waals surface area (Å²) in [6.45, 7) is 2.95. The fourth-order valence-corrected chi connectivity index (χ4v) is 2.34. The fourth-order valence-electron chi connectivity index (χ4n) is 1.15. The van der Waals surface area contributed by atoms with E-state index < -0.39 is 10.2 Å². The van der Waals surface area contributed by atoms with Crippen LogP contribution in [0.1, 0.15) is 26.2 Å². The van der Waals surface area contributed by atoms with Crippen molar-refractivity contribution in [2.75, 3.05) is 33.8 Å². The first-order valence-electron chi connectivity index (χ1n) is 5.25. The molecule has 0 aliphatic heterocycles. The average Bonchev–Trinajstić information content (AvgIpc) is 2.17. The minimum absolute atomic E-state index is 0.0194. The molecule has 0 aliphatic rings. The van der Waals surface area contributed by atoms with Crippen LogP contribution in [0.3, 0.4) is 0 Å². The van der Waals surface area contributed by atoms with Gasteiger partial charge in [-0.25, -0.2) is 0 Å². The third-order valence-corrected chi connectivity index (χ3v) is 4.06. The predicted molar refractivity (Wildman–Crippen MR) is 60.8 cm³/mol. The van der Waals surface area contributed by atoms with Crippen molar-refractivity contribution in [2.24, 2.45) is 0 Å². The SMILES string of the molecule is CCCCN(CCCO)S(=O)(=O)N(C)C. The summed E-state index contributed by atoms with van der Waals surface area (Å²) in [5.41, 5.74) is 0. The van der Waals surface area contributed by atoms with Crippen LogP contribution >= 0.6 is 0 Å². The number of unbranched alkanes of at least 4 members (excludes halogenated alkanes) is 1. The summed E-state index contributed by atoms with van der Waals surface area (Å²) in [4.78, 5) is 0. The quantitative estimate of drug-likeness (QED) is 0.660. The van der Waals surface area contributed by atoms with Crippen LogP contribution in [0, 0.1) is 0 Å². The molecule has 0 bridgehead atoms. The minimum Gasteiger partial charge on any atom is -0.396 e. The molecule has 15 heavy (non-hydrogen) atoms. The van der Waals surface area contributed by atoms with Crippen LogP contribution in [0.2, 0.25) is 0 Å². The molecular weight excluding hydrogens is 216 g/mol. The smallest absolute Gasteiger partial charge is 0.281 e. The van der Waals surface area contributed by atoms with Gasteiger partial charge in [-0.2, -0.15) is 17.0 Å². The van der Waals surface area contributed by atoms with Gasteiger partial charge in [-0.3, -0.25) is 0 Å². The summed E-state index contributed by atoms with van der Waals surface area (Å²) in [6.07, 6.45) is 2.29. The normalized spacial score (nSPS) is 12.7. The van der Waals surface area contributed by atoms with Crippen molar-refractivity contribution < 1.29 is 13.5 Å². The highest BCUT2D eigenvalue weighted by Gasteiger charge is 2.22. The van der Waals surface area contributed by atoms with E-state index in [1.807, 2.05) is 6.92 Å². The monoisotopic (exact) mass is 238 g/mol. The van der Waals surface area contributed by atoms with E-state index in [0.29, 0.717) is 19.5 Å². The molecule has 0 unspecified atom stereocenters. The second kappa shape index (κ2) is 7.16. The van der Waals surface area contributed by atoms with Gasteiger partial charge in [0.25, 0.3) is 10.2 Å². The summed E-state index contributed by atoms with van der Waals surface area (Å²) in [5.74, 6) is 0. The Bertz CT molecular complexity index is 244. The average molecular weight is 238 g/mol. The molecule has 0 aromatic heterocycles. The van der Waals surface area contributed by atoms with Gasteiger partial charge in [0.05, 0.1) is 0 Å². The second-order valence-electron chi connectivity index (χ2n) is 3.62. The van der Waals surface area contributed by atoms with Gasteiger partial charge in [0.2, 0.25) is 0 Å². The summed E-state index contributed by atoms with van der Waals surface area (Å²) < 4.78 is 26.3. The Morgan fingerprint density at radius 1 is 1.13 bits per heavy atom. The Morgan fingerprint density at radius 3 is 2.07 bits per heavy atom. The van der Waals surface area contributed by atoms with Gasteiger partial charge >= 0.3 is 0 Å². The second-order valence-corrected chi connectivity index (χ2v) is 5.76. The fraction of sp³-hybridized carbons (Fsp3) is 1.00. The number of rotatable bonds is 8. The number of hydrogen-bond donors (Lipinski definition) is 1. The Kier molecular flexibility index (Phi) is 7.08. The molecule has 0 aliphatic carbocycles. The maximum atomic E-state index is 11.8. The Morgan fingerprint density at radius 2 is 1.67 bits per heavy atom. The van der Waals surface area contributed by atoms with E-state index in [9.17, 15) is 8.42 Å². The molecule has 6 heteroatoms. The third kappa shape index (κ3) is 4.92. The Labute approximate surface area is 92.9 Å². The number of hydrogen-bond acceptors (Lipinski definition) is 3. The molecule has 0 aromatic carbocycles. The van der Waals surface area contributed by atoms with Gasteiger partial charge in [-0.05, 0) is 12.8 Å². The molecule has 92 valence electrons. The highest BCUT2D eigenvalue weighted by Crippen LogP contribution is 2.07. The lowest BCUT2D eigenvalue weighted by Crippen LogP contribution is -2.41. The predicted octanol–water partition coefficient (Wildman–Crippen LogP) is 0.277. The van der Waals surface area contributed by atoms with Crippen molar-refractivity contribution >= 4 is 10.2 Å². The summed E-state index contributed by atoms with van der Waals surface area (Å²) in [7, 11) is -0.286. The van der Waals surface area contributed by atoms with Crippen molar-refractivity contribution in [1.29, 1.82) is 0 Å². The zero-order chi connectivity index (χ0) is 11.9. The molecule has 0 aromatic rings. The summed E-state index contributed by atoms with van der Waals surface area (Å²) in [5, 5.41) is 8.71. The molecule has 0 fully saturated rings. The molecule has 0 saturated heterocycles. The Hall–Kier alpha value is -0.170. The van der Waals surface area contributed by atoms with Crippen LogP contribution in [0.5, 0.6) is 0 Å². The molecule has 1 N–H and O–H groups in total. The van der Waals surface area contributed by atoms with Crippen LogP contribution in [0.4, 0.5) is 0 Å². The summed E-state index contributed by atoms with van der Waals surface area (Å²) >= 11 is 0. The van der Waals surface area contributed by atoms with Crippen LogP contribution in [0.25, 0.3) is 0 Å². The standard InChI is InChI=1S/C9H22N2O3S/c1-4-5-7-11(8-6-9-12)15(13,14)10(2)3/h12H,4-9H2,1-3H3. The van der Waals surface area contributed by atoms with E-state index in [2.05, 4.69) is 0 Å². The van der Waals surface area contributed by atoms with Crippen LogP contribution in [0.15, 0.2) is 0 Å². The lowest BCUT2D eigenvalue weighted by molar-refractivity contribution is 0.265. The summed E-state index contributed by atoms with van der Waals surface area (Å²) in [6, 6.07) is 0. The first-order valence-corrected chi connectivity index (χ1v) is 6.65. The van der Waals surface area contributed by atoms with Gasteiger partial charge in [-0.1, -0.05) is 13.3 Å². The van der Waals surface area contributed by atoms with Crippen molar-refractivity contribution in [3.8, 4) is 0 Å². The van der Waals surface area contributed by atoms with Crippen molar-refractivity contribution in [1.82, 2.24) is 8.61 Å². The molecule has 5 nitrogen and oxygen atoms in total. The molecule has 0 saturated carbocycles. The molecule has 0 spiro atoms. The lowest BCUT2D eigenvalue weighted by atomic mass is 10.3. The van der Waals surface area contributed by atoms with E-state index in [0.717, 1.165) is 12.8 Å². The number of aliphatic hydroxyl groups excluding tert-OH is 1. The first-order chi connectivity index (χ1) is 6.96. The maximum absolute atomic E-state index is 11.8. The number of aliphatic hydroxyl groups is 1. The van der Waals surface area contributed by atoms with E-state index in [1.54, 1.807) is 0 Å². The van der Waals surface area contributed by atoms with Gasteiger partial charge < -0.3 is 5.11 Å². The molecule has 0 heterocycles. The molecule has 0 atom stereocenters. The zero-order valence-electron chi connectivity index (χ0n) is 9.81. The van der Waals surface area contributed by atoms with Gasteiger partial charge in [0.15, 0.2) is 0 Å². The van der Waals surface area contributed by atoms with E-state index >= 15 is 0 Å². The molecule has 0 rings (SSSR count). The van der Waals surface area contributed by atoms with Gasteiger partial charge in [0.1, 0.15) is 0 Å². The van der Waals surface area contributed by atoms with Crippen LogP contribution in [-0.4, -0.2) is 55.9 Å². The van der Waals surface area contributed by atoms with Crippen molar-refractivity contribution in [3.63, 3.8) is 0 Å².